The van der Waals surface area contributed by atoms with Crippen molar-refractivity contribution in [3.05, 3.63) is 0 Å². The molecule has 6 heteroatoms. The van der Waals surface area contributed by atoms with Crippen LogP contribution in [0.15, 0.2) is 0 Å². The molecule has 1 aliphatic carbocycles. The second-order valence-corrected chi connectivity index (χ2v) is 5.95. The average molecular weight is 220 g/mol. The summed E-state index contributed by atoms with van der Waals surface area (Å²) in [5.41, 5.74) is 5.86. The van der Waals surface area contributed by atoms with Gasteiger partial charge in [0.1, 0.15) is 0 Å². The van der Waals surface area contributed by atoms with Gasteiger partial charge in [0.2, 0.25) is 10.0 Å². The third-order valence-corrected chi connectivity index (χ3v) is 4.53. The van der Waals surface area contributed by atoms with E-state index in [1.165, 1.54) is 0 Å². The van der Waals surface area contributed by atoms with E-state index in [1.54, 1.807) is 6.92 Å². The lowest BCUT2D eigenvalue weighted by atomic mass is 9.73. The van der Waals surface area contributed by atoms with Gasteiger partial charge in [-0.1, -0.05) is 0 Å². The minimum atomic E-state index is -3.16. The van der Waals surface area contributed by atoms with Crippen LogP contribution < -0.4 is 10.5 Å². The molecule has 0 amide bonds. The highest BCUT2D eigenvalue weighted by molar-refractivity contribution is 7.89. The lowest BCUT2D eigenvalue weighted by Crippen LogP contribution is -2.68. The molecule has 1 saturated carbocycles. The normalized spacial score (nSPS) is 41.9. The Morgan fingerprint density at radius 1 is 1.57 bits per heavy atom. The number of sulfonamides is 1. The molecule has 0 spiro atoms. The van der Waals surface area contributed by atoms with Gasteiger partial charge in [-0.15, -0.1) is 0 Å². The van der Waals surface area contributed by atoms with Crippen molar-refractivity contribution in [2.24, 2.45) is 11.7 Å². The Labute approximate surface area is 84.0 Å². The van der Waals surface area contributed by atoms with Crippen LogP contribution in [0.3, 0.4) is 0 Å². The molecule has 82 valence electrons. The lowest BCUT2D eigenvalue weighted by Gasteiger charge is -2.45. The maximum Gasteiger partial charge on any atom is 0.211 e. The molecule has 3 N–H and O–H groups in total. The highest BCUT2D eigenvalue weighted by Gasteiger charge is 2.53. The molecule has 5 nitrogen and oxygen atoms in total. The van der Waals surface area contributed by atoms with Gasteiger partial charge in [-0.2, -0.15) is 0 Å². The molecule has 1 saturated heterocycles. The van der Waals surface area contributed by atoms with Crippen molar-refractivity contribution in [2.45, 2.75) is 31.5 Å². The largest absolute Gasteiger partial charge is 0.376 e. The van der Waals surface area contributed by atoms with Gasteiger partial charge in [0.25, 0.3) is 0 Å². The summed E-state index contributed by atoms with van der Waals surface area (Å²) in [6.07, 6.45) is 0.960. The second-order valence-electron chi connectivity index (χ2n) is 3.91. The highest BCUT2D eigenvalue weighted by Crippen LogP contribution is 2.37. The third kappa shape index (κ3) is 1.56. The Kier molecular flexibility index (Phi) is 2.55. The van der Waals surface area contributed by atoms with Crippen LogP contribution in [0.5, 0.6) is 0 Å². The van der Waals surface area contributed by atoms with Crippen molar-refractivity contribution in [3.8, 4) is 0 Å². The molecule has 0 radical (unpaired) electrons. The van der Waals surface area contributed by atoms with Crippen molar-refractivity contribution < 1.29 is 13.2 Å². The number of ether oxygens (including phenoxy) is 1. The zero-order valence-electron chi connectivity index (χ0n) is 8.14. The first-order valence-corrected chi connectivity index (χ1v) is 6.57. The molecule has 0 aromatic heterocycles. The summed E-state index contributed by atoms with van der Waals surface area (Å²) >= 11 is 0. The molecular formula is C8H16N2O3S. The Morgan fingerprint density at radius 3 is 2.93 bits per heavy atom. The third-order valence-electron chi connectivity index (χ3n) is 3.14. The first-order valence-electron chi connectivity index (χ1n) is 4.92. The Bertz CT molecular complexity index is 317. The fourth-order valence-electron chi connectivity index (χ4n) is 2.19. The lowest BCUT2D eigenvalue weighted by molar-refractivity contribution is -0.00922. The van der Waals surface area contributed by atoms with Crippen molar-refractivity contribution >= 4 is 10.0 Å². The van der Waals surface area contributed by atoms with E-state index in [4.69, 9.17) is 10.5 Å². The van der Waals surface area contributed by atoms with Gasteiger partial charge in [0, 0.05) is 18.6 Å². The highest BCUT2D eigenvalue weighted by atomic mass is 32.2. The van der Waals surface area contributed by atoms with Gasteiger partial charge < -0.3 is 10.5 Å². The number of nitrogens with one attached hydrogen (secondary N) is 1. The maximum absolute atomic E-state index is 11.3. The van der Waals surface area contributed by atoms with Crippen LogP contribution in [-0.2, 0) is 14.8 Å². The van der Waals surface area contributed by atoms with Crippen molar-refractivity contribution in [1.29, 1.82) is 0 Å². The van der Waals surface area contributed by atoms with Crippen molar-refractivity contribution in [3.63, 3.8) is 0 Å². The fraction of sp³-hybridized carbons (Fsp3) is 1.00. The van der Waals surface area contributed by atoms with Gasteiger partial charge in [-0.05, 0) is 13.3 Å². The average Bonchev–Trinajstić information content (AvgIpc) is 2.59. The summed E-state index contributed by atoms with van der Waals surface area (Å²) in [7, 11) is -3.16. The van der Waals surface area contributed by atoms with Gasteiger partial charge in [0.15, 0.2) is 0 Å². The molecule has 2 rings (SSSR count). The van der Waals surface area contributed by atoms with Crippen LogP contribution in [0.2, 0.25) is 0 Å². The van der Waals surface area contributed by atoms with E-state index < -0.39 is 10.0 Å². The zero-order chi connectivity index (χ0) is 10.3. The van der Waals surface area contributed by atoms with E-state index in [0.29, 0.717) is 12.5 Å². The van der Waals surface area contributed by atoms with Gasteiger partial charge in [0.05, 0.1) is 17.9 Å². The smallest absolute Gasteiger partial charge is 0.211 e. The van der Waals surface area contributed by atoms with Gasteiger partial charge >= 0.3 is 0 Å². The van der Waals surface area contributed by atoms with Crippen LogP contribution in [0.1, 0.15) is 13.3 Å². The molecule has 4 atom stereocenters. The van der Waals surface area contributed by atoms with E-state index >= 15 is 0 Å². The molecule has 0 bridgehead atoms. The molecule has 4 unspecified atom stereocenters. The summed E-state index contributed by atoms with van der Waals surface area (Å²) in [6.45, 7) is 2.31. The molecule has 0 aromatic rings. The molecular weight excluding hydrogens is 204 g/mol. The Balaban J connectivity index is 2.00. The Morgan fingerprint density at radius 2 is 2.29 bits per heavy atom. The summed E-state index contributed by atoms with van der Waals surface area (Å²) in [5, 5.41) is 0. The monoisotopic (exact) mass is 220 g/mol. The van der Waals surface area contributed by atoms with Crippen LogP contribution in [0.25, 0.3) is 0 Å². The quantitative estimate of drug-likeness (QED) is 0.642. The predicted octanol–water partition coefficient (Wildman–Crippen LogP) is -0.960. The molecule has 2 aliphatic rings. The number of fused-ring (bicyclic) bond motifs is 1. The van der Waals surface area contributed by atoms with Crippen LogP contribution in [0.4, 0.5) is 0 Å². The number of rotatable bonds is 3. The first kappa shape index (κ1) is 10.4. The van der Waals surface area contributed by atoms with Gasteiger partial charge in [-0.3, -0.25) is 0 Å². The topological polar surface area (TPSA) is 81.4 Å². The minimum Gasteiger partial charge on any atom is -0.376 e. The van der Waals surface area contributed by atoms with Crippen LogP contribution in [0, 0.1) is 5.92 Å². The SMILES string of the molecule is CCS(=O)(=O)NC1C(N)C2CCOC21. The summed E-state index contributed by atoms with van der Waals surface area (Å²) in [6, 6.07) is -0.295. The van der Waals surface area contributed by atoms with Crippen molar-refractivity contribution in [1.82, 2.24) is 4.72 Å². The summed E-state index contributed by atoms with van der Waals surface area (Å²) < 4.78 is 30.6. The second kappa shape index (κ2) is 3.44. The molecule has 1 heterocycles. The molecule has 2 fully saturated rings. The predicted molar refractivity (Wildman–Crippen MR) is 52.2 cm³/mol. The van der Waals surface area contributed by atoms with E-state index in [1.807, 2.05) is 0 Å². The van der Waals surface area contributed by atoms with E-state index in [0.717, 1.165) is 6.42 Å². The minimum absolute atomic E-state index is 0.00586. The van der Waals surface area contributed by atoms with E-state index in [-0.39, 0.29) is 23.9 Å². The summed E-state index contributed by atoms with van der Waals surface area (Å²) in [4.78, 5) is 0. The van der Waals surface area contributed by atoms with E-state index in [9.17, 15) is 8.42 Å². The zero-order valence-corrected chi connectivity index (χ0v) is 8.96. The Hall–Kier alpha value is -0.170. The molecule has 14 heavy (non-hydrogen) atoms. The fourth-order valence-corrected chi connectivity index (χ4v) is 3.06. The maximum atomic E-state index is 11.3. The van der Waals surface area contributed by atoms with E-state index in [2.05, 4.69) is 4.72 Å². The first-order chi connectivity index (χ1) is 6.55. The van der Waals surface area contributed by atoms with Gasteiger partial charge in [-0.25, -0.2) is 13.1 Å². The van der Waals surface area contributed by atoms with Crippen molar-refractivity contribution in [2.75, 3.05) is 12.4 Å². The number of hydrogen-bond donors (Lipinski definition) is 2. The molecule has 1 aliphatic heterocycles. The van der Waals surface area contributed by atoms with Crippen LogP contribution in [-0.4, -0.2) is 39.0 Å². The van der Waals surface area contributed by atoms with Crippen LogP contribution >= 0.6 is 0 Å². The molecule has 0 aromatic carbocycles. The number of nitrogens with two attached hydrogens (primary N) is 1. The summed E-state index contributed by atoms with van der Waals surface area (Å²) in [5.74, 6) is 0.438. The number of hydrogen-bond acceptors (Lipinski definition) is 4. The standard InChI is InChI=1S/C8H16N2O3S/c1-2-14(11,12)10-7-6(9)5-3-4-13-8(5)7/h5-8,10H,2-4,9H2,1H3.